The first-order valence-electron chi connectivity index (χ1n) is 7.88. The van der Waals surface area contributed by atoms with Gasteiger partial charge >= 0.3 is 5.97 Å². The van der Waals surface area contributed by atoms with Crippen LogP contribution in [0.5, 0.6) is 0 Å². The van der Waals surface area contributed by atoms with Crippen molar-refractivity contribution >= 4 is 28.9 Å². The van der Waals surface area contributed by atoms with Crippen molar-refractivity contribution in [1.82, 2.24) is 0 Å². The van der Waals surface area contributed by atoms with Crippen LogP contribution in [0, 0.1) is 0 Å². The Morgan fingerprint density at radius 1 is 1.09 bits per heavy atom. The lowest BCUT2D eigenvalue weighted by atomic mass is 9.98. The molecule has 23 heavy (non-hydrogen) atoms. The molecule has 5 heteroatoms. The van der Waals surface area contributed by atoms with Crippen molar-refractivity contribution in [3.63, 3.8) is 0 Å². The first-order chi connectivity index (χ1) is 11.2. The predicted molar refractivity (Wildman–Crippen MR) is 91.0 cm³/mol. The van der Waals surface area contributed by atoms with Crippen LogP contribution in [-0.4, -0.2) is 18.0 Å². The highest BCUT2D eigenvalue weighted by atomic mass is 32.1. The zero-order valence-electron chi connectivity index (χ0n) is 12.8. The lowest BCUT2D eigenvalue weighted by Crippen LogP contribution is -2.21. The van der Waals surface area contributed by atoms with Crippen LogP contribution in [0.15, 0.2) is 41.8 Å². The smallest absolute Gasteiger partial charge is 0.338 e. The summed E-state index contributed by atoms with van der Waals surface area (Å²) in [5.41, 5.74) is 1.07. The molecule has 1 saturated carbocycles. The number of rotatable bonds is 4. The third-order valence-electron chi connectivity index (χ3n) is 3.93. The Morgan fingerprint density at radius 3 is 2.65 bits per heavy atom. The van der Waals surface area contributed by atoms with Crippen LogP contribution in [0.25, 0.3) is 0 Å². The van der Waals surface area contributed by atoms with Crippen LogP contribution >= 0.6 is 11.3 Å². The molecule has 0 aliphatic heterocycles. The quantitative estimate of drug-likeness (QED) is 0.841. The van der Waals surface area contributed by atoms with Gasteiger partial charge in [0.15, 0.2) is 0 Å². The van der Waals surface area contributed by atoms with Gasteiger partial charge in [0.1, 0.15) is 6.10 Å². The summed E-state index contributed by atoms with van der Waals surface area (Å²) in [5, 5.41) is 4.66. The highest BCUT2D eigenvalue weighted by Gasteiger charge is 2.19. The molecule has 1 aliphatic rings. The Bertz CT molecular complexity index is 675. The minimum Gasteiger partial charge on any atom is -0.459 e. The second kappa shape index (κ2) is 7.42. The van der Waals surface area contributed by atoms with E-state index in [0.29, 0.717) is 16.1 Å². The Labute approximate surface area is 139 Å². The molecule has 1 aromatic heterocycles. The molecule has 0 radical (unpaired) electrons. The Hall–Kier alpha value is -2.14. The molecule has 1 N–H and O–H groups in total. The molecule has 4 nitrogen and oxygen atoms in total. The van der Waals surface area contributed by atoms with Crippen LogP contribution in [0.4, 0.5) is 5.69 Å². The Kier molecular flexibility index (Phi) is 5.08. The van der Waals surface area contributed by atoms with Crippen molar-refractivity contribution in [2.75, 3.05) is 5.32 Å². The molecule has 0 spiro atoms. The molecule has 1 fully saturated rings. The van der Waals surface area contributed by atoms with E-state index in [1.165, 1.54) is 17.8 Å². The molecule has 1 amide bonds. The van der Waals surface area contributed by atoms with Gasteiger partial charge in [-0.1, -0.05) is 18.6 Å². The highest BCUT2D eigenvalue weighted by Crippen LogP contribution is 2.22. The number of esters is 1. The van der Waals surface area contributed by atoms with E-state index in [-0.39, 0.29) is 18.0 Å². The second-order valence-corrected chi connectivity index (χ2v) is 6.63. The maximum Gasteiger partial charge on any atom is 0.338 e. The zero-order valence-corrected chi connectivity index (χ0v) is 13.6. The normalized spacial score (nSPS) is 15.1. The van der Waals surface area contributed by atoms with E-state index in [0.717, 1.165) is 25.7 Å². The highest BCUT2D eigenvalue weighted by molar-refractivity contribution is 7.12. The molecule has 2 aromatic rings. The van der Waals surface area contributed by atoms with E-state index >= 15 is 0 Å². The molecule has 1 heterocycles. The van der Waals surface area contributed by atoms with E-state index in [1.807, 2.05) is 11.4 Å². The topological polar surface area (TPSA) is 55.4 Å². The van der Waals surface area contributed by atoms with Gasteiger partial charge in [-0.05, 0) is 55.3 Å². The van der Waals surface area contributed by atoms with Crippen LogP contribution < -0.4 is 5.32 Å². The van der Waals surface area contributed by atoms with Crippen molar-refractivity contribution in [2.24, 2.45) is 0 Å². The first kappa shape index (κ1) is 15.7. The number of carbonyl (C=O) groups excluding carboxylic acids is 2. The van der Waals surface area contributed by atoms with Gasteiger partial charge in [0.05, 0.1) is 10.4 Å². The number of nitrogens with one attached hydrogen (secondary N) is 1. The third kappa shape index (κ3) is 4.20. The summed E-state index contributed by atoms with van der Waals surface area (Å²) in [5.74, 6) is -0.484. The SMILES string of the molecule is O=C(OC1CCCCC1)c1cccc(NC(=O)c2cccs2)c1. The van der Waals surface area contributed by atoms with E-state index in [1.54, 1.807) is 30.3 Å². The van der Waals surface area contributed by atoms with E-state index in [4.69, 9.17) is 4.74 Å². The maximum atomic E-state index is 12.2. The molecular formula is C18H19NO3S. The number of thiophene rings is 1. The van der Waals surface area contributed by atoms with Gasteiger partial charge in [-0.3, -0.25) is 4.79 Å². The lowest BCUT2D eigenvalue weighted by Gasteiger charge is -2.21. The van der Waals surface area contributed by atoms with Crippen LogP contribution in [0.2, 0.25) is 0 Å². The van der Waals surface area contributed by atoms with Gasteiger partial charge < -0.3 is 10.1 Å². The number of carbonyl (C=O) groups is 2. The number of amides is 1. The van der Waals surface area contributed by atoms with Gasteiger partial charge in [0.25, 0.3) is 5.91 Å². The van der Waals surface area contributed by atoms with Gasteiger partial charge in [-0.2, -0.15) is 0 Å². The largest absolute Gasteiger partial charge is 0.459 e. The Balaban J connectivity index is 1.64. The van der Waals surface area contributed by atoms with Crippen LogP contribution in [-0.2, 0) is 4.74 Å². The fourth-order valence-corrected chi connectivity index (χ4v) is 3.35. The summed E-state index contributed by atoms with van der Waals surface area (Å²) < 4.78 is 5.56. The predicted octanol–water partition coefficient (Wildman–Crippen LogP) is 4.49. The second-order valence-electron chi connectivity index (χ2n) is 5.68. The molecule has 0 bridgehead atoms. The molecule has 0 saturated heterocycles. The number of anilines is 1. The number of hydrogen-bond donors (Lipinski definition) is 1. The fourth-order valence-electron chi connectivity index (χ4n) is 2.73. The van der Waals surface area contributed by atoms with Crippen molar-refractivity contribution < 1.29 is 14.3 Å². The molecule has 0 unspecified atom stereocenters. The summed E-state index contributed by atoms with van der Waals surface area (Å²) in [6.07, 6.45) is 5.38. The fraction of sp³-hybridized carbons (Fsp3) is 0.333. The van der Waals surface area contributed by atoms with Crippen molar-refractivity contribution in [3.05, 3.63) is 52.2 Å². The number of hydrogen-bond acceptors (Lipinski definition) is 4. The molecule has 0 atom stereocenters. The zero-order chi connectivity index (χ0) is 16.1. The van der Waals surface area contributed by atoms with Crippen LogP contribution in [0.1, 0.15) is 52.1 Å². The summed E-state index contributed by atoms with van der Waals surface area (Å²) in [6, 6.07) is 10.5. The van der Waals surface area contributed by atoms with Gasteiger partial charge in [-0.25, -0.2) is 4.79 Å². The first-order valence-corrected chi connectivity index (χ1v) is 8.76. The van der Waals surface area contributed by atoms with Gasteiger partial charge in [0, 0.05) is 5.69 Å². The van der Waals surface area contributed by atoms with E-state index in [2.05, 4.69) is 5.32 Å². The van der Waals surface area contributed by atoms with Crippen LogP contribution in [0.3, 0.4) is 0 Å². The number of ether oxygens (including phenoxy) is 1. The maximum absolute atomic E-state index is 12.2. The van der Waals surface area contributed by atoms with Crippen molar-refractivity contribution in [2.45, 2.75) is 38.2 Å². The monoisotopic (exact) mass is 329 g/mol. The summed E-state index contributed by atoms with van der Waals surface area (Å²) >= 11 is 1.38. The summed E-state index contributed by atoms with van der Waals surface area (Å²) in [4.78, 5) is 24.9. The minimum absolute atomic E-state index is 0.0283. The molecular weight excluding hydrogens is 310 g/mol. The van der Waals surface area contributed by atoms with E-state index in [9.17, 15) is 9.59 Å². The average molecular weight is 329 g/mol. The summed E-state index contributed by atoms with van der Waals surface area (Å²) in [6.45, 7) is 0. The third-order valence-corrected chi connectivity index (χ3v) is 4.80. The molecule has 1 aromatic carbocycles. The molecule has 1 aliphatic carbocycles. The molecule has 3 rings (SSSR count). The lowest BCUT2D eigenvalue weighted by molar-refractivity contribution is 0.0211. The van der Waals surface area contributed by atoms with Crippen molar-refractivity contribution in [1.29, 1.82) is 0 Å². The number of benzene rings is 1. The van der Waals surface area contributed by atoms with Crippen molar-refractivity contribution in [3.8, 4) is 0 Å². The van der Waals surface area contributed by atoms with Gasteiger partial charge in [0.2, 0.25) is 0 Å². The average Bonchev–Trinajstić information content (AvgIpc) is 3.11. The van der Waals surface area contributed by atoms with Gasteiger partial charge in [-0.15, -0.1) is 11.3 Å². The standard InChI is InChI=1S/C18H19NO3S/c20-17(16-10-5-11-23-16)19-14-7-4-6-13(12-14)18(21)22-15-8-2-1-3-9-15/h4-7,10-12,15H,1-3,8-9H2,(H,19,20). The Morgan fingerprint density at radius 2 is 1.91 bits per heavy atom. The van der Waals surface area contributed by atoms with E-state index < -0.39 is 0 Å². The summed E-state index contributed by atoms with van der Waals surface area (Å²) in [7, 11) is 0. The minimum atomic E-state index is -0.316. The molecule has 120 valence electrons.